The number of ketones is 2. The van der Waals surface area contributed by atoms with Gasteiger partial charge in [-0.15, -0.1) is 0 Å². The molecule has 0 bridgehead atoms. The molecule has 2 rings (SSSR count). The third-order valence-electron chi connectivity index (χ3n) is 2.44. The number of hydrogen-bond acceptors (Lipinski definition) is 5. The molecule has 2 aromatic heterocycles. The van der Waals surface area contributed by atoms with E-state index in [-0.39, 0.29) is 24.4 Å². The minimum Gasteiger partial charge on any atom is -0.294 e. The van der Waals surface area contributed by atoms with Crippen LogP contribution < -0.4 is 0 Å². The number of nitrogens with zero attached hydrogens (tertiary/aromatic N) is 3. The van der Waals surface area contributed by atoms with Gasteiger partial charge in [0.2, 0.25) is 0 Å². The van der Waals surface area contributed by atoms with Gasteiger partial charge in [0.25, 0.3) is 0 Å². The SMILES string of the molecule is O=C(CCC(=O)c1ccccn1)c1ccnnc1. The monoisotopic (exact) mass is 241 g/mol. The fourth-order valence-corrected chi connectivity index (χ4v) is 1.48. The van der Waals surface area contributed by atoms with Crippen molar-refractivity contribution in [3.05, 3.63) is 54.1 Å². The highest BCUT2D eigenvalue weighted by molar-refractivity contribution is 6.01. The molecule has 2 aromatic rings. The lowest BCUT2D eigenvalue weighted by Gasteiger charge is -2.00. The zero-order valence-electron chi connectivity index (χ0n) is 9.61. The van der Waals surface area contributed by atoms with Crippen molar-refractivity contribution in [1.82, 2.24) is 15.2 Å². The Morgan fingerprint density at radius 3 is 2.44 bits per heavy atom. The van der Waals surface area contributed by atoms with Crippen molar-refractivity contribution in [2.24, 2.45) is 0 Å². The molecule has 2 heterocycles. The van der Waals surface area contributed by atoms with Gasteiger partial charge in [0, 0.05) is 24.6 Å². The molecule has 0 unspecified atom stereocenters. The van der Waals surface area contributed by atoms with Gasteiger partial charge in [-0.1, -0.05) is 6.07 Å². The molecule has 0 spiro atoms. The van der Waals surface area contributed by atoms with E-state index >= 15 is 0 Å². The van der Waals surface area contributed by atoms with Crippen molar-refractivity contribution in [2.75, 3.05) is 0 Å². The highest BCUT2D eigenvalue weighted by Crippen LogP contribution is 2.06. The molecule has 0 fully saturated rings. The van der Waals surface area contributed by atoms with Gasteiger partial charge in [-0.3, -0.25) is 14.6 Å². The zero-order valence-corrected chi connectivity index (χ0v) is 9.61. The van der Waals surface area contributed by atoms with Crippen LogP contribution in [-0.4, -0.2) is 26.7 Å². The topological polar surface area (TPSA) is 72.8 Å². The smallest absolute Gasteiger partial charge is 0.181 e. The summed E-state index contributed by atoms with van der Waals surface area (Å²) in [6.07, 6.45) is 4.71. The average molecular weight is 241 g/mol. The van der Waals surface area contributed by atoms with Gasteiger partial charge in [-0.25, -0.2) is 0 Å². The van der Waals surface area contributed by atoms with Crippen LogP contribution in [0.25, 0.3) is 0 Å². The Morgan fingerprint density at radius 2 is 1.78 bits per heavy atom. The molecular formula is C13H11N3O2. The molecule has 90 valence electrons. The summed E-state index contributed by atoms with van der Waals surface area (Å²) in [6, 6.07) is 6.71. The van der Waals surface area contributed by atoms with Crippen LogP contribution in [0, 0.1) is 0 Å². The first-order chi connectivity index (χ1) is 8.77. The summed E-state index contributed by atoms with van der Waals surface area (Å²) < 4.78 is 0. The number of Topliss-reactive ketones (excluding diaryl/α,β-unsaturated/α-hetero) is 2. The van der Waals surface area contributed by atoms with E-state index in [0.717, 1.165) is 0 Å². The van der Waals surface area contributed by atoms with Gasteiger partial charge in [-0.2, -0.15) is 10.2 Å². The summed E-state index contributed by atoms with van der Waals surface area (Å²) in [5, 5.41) is 7.21. The highest BCUT2D eigenvalue weighted by Gasteiger charge is 2.11. The van der Waals surface area contributed by atoms with E-state index in [1.54, 1.807) is 30.5 Å². The summed E-state index contributed by atoms with van der Waals surface area (Å²) in [5.74, 6) is -0.250. The highest BCUT2D eigenvalue weighted by atomic mass is 16.1. The number of hydrogen-bond donors (Lipinski definition) is 0. The summed E-state index contributed by atoms with van der Waals surface area (Å²) in [6.45, 7) is 0. The van der Waals surface area contributed by atoms with Crippen molar-refractivity contribution in [2.45, 2.75) is 12.8 Å². The van der Waals surface area contributed by atoms with Gasteiger partial charge in [0.1, 0.15) is 5.69 Å². The van der Waals surface area contributed by atoms with Crippen molar-refractivity contribution >= 4 is 11.6 Å². The van der Waals surface area contributed by atoms with Gasteiger partial charge >= 0.3 is 0 Å². The maximum absolute atomic E-state index is 11.7. The number of carbonyl (C=O) groups excluding carboxylic acids is 2. The number of carbonyl (C=O) groups is 2. The Kier molecular flexibility index (Phi) is 3.86. The standard InChI is InChI=1S/C13H11N3O2/c17-12(10-6-8-15-16-9-10)4-5-13(18)11-3-1-2-7-14-11/h1-3,6-9H,4-5H2. The van der Waals surface area contributed by atoms with E-state index in [1.807, 2.05) is 0 Å². The first-order valence-corrected chi connectivity index (χ1v) is 5.51. The van der Waals surface area contributed by atoms with Crippen molar-refractivity contribution in [1.29, 1.82) is 0 Å². The van der Waals surface area contributed by atoms with Crippen molar-refractivity contribution in [3.63, 3.8) is 0 Å². The summed E-state index contributed by atoms with van der Waals surface area (Å²) in [5.41, 5.74) is 0.858. The zero-order chi connectivity index (χ0) is 12.8. The average Bonchev–Trinajstić information content (AvgIpc) is 2.46. The Balaban J connectivity index is 1.93. The normalized spacial score (nSPS) is 10.0. The van der Waals surface area contributed by atoms with E-state index in [0.29, 0.717) is 11.3 Å². The van der Waals surface area contributed by atoms with E-state index in [1.165, 1.54) is 12.4 Å². The van der Waals surface area contributed by atoms with E-state index in [4.69, 9.17) is 0 Å². The van der Waals surface area contributed by atoms with Crippen LogP contribution in [0.5, 0.6) is 0 Å². The van der Waals surface area contributed by atoms with E-state index < -0.39 is 0 Å². The van der Waals surface area contributed by atoms with Crippen LogP contribution in [0.1, 0.15) is 33.7 Å². The lowest BCUT2D eigenvalue weighted by molar-refractivity contribution is 0.0914. The predicted octanol–water partition coefficient (Wildman–Crippen LogP) is 1.72. The van der Waals surface area contributed by atoms with Crippen LogP contribution in [0.2, 0.25) is 0 Å². The van der Waals surface area contributed by atoms with Crippen molar-refractivity contribution in [3.8, 4) is 0 Å². The first kappa shape index (κ1) is 12.0. The quantitative estimate of drug-likeness (QED) is 0.745. The number of pyridine rings is 1. The van der Waals surface area contributed by atoms with Gasteiger partial charge in [0.15, 0.2) is 11.6 Å². The maximum atomic E-state index is 11.7. The van der Waals surface area contributed by atoms with Gasteiger partial charge in [-0.05, 0) is 18.2 Å². The molecule has 0 amide bonds. The molecule has 0 radical (unpaired) electrons. The fraction of sp³-hybridized carbons (Fsp3) is 0.154. The Hall–Kier alpha value is -2.43. The molecule has 5 nitrogen and oxygen atoms in total. The summed E-state index contributed by atoms with van der Waals surface area (Å²) in [7, 11) is 0. The lowest BCUT2D eigenvalue weighted by Crippen LogP contribution is -2.07. The number of rotatable bonds is 5. The van der Waals surface area contributed by atoms with Gasteiger partial charge < -0.3 is 0 Å². The molecule has 0 aliphatic heterocycles. The third kappa shape index (κ3) is 3.04. The summed E-state index contributed by atoms with van der Waals surface area (Å²) in [4.78, 5) is 27.4. The molecule has 0 atom stereocenters. The Bertz CT molecular complexity index is 489. The minimum absolute atomic E-state index is 0.116. The second kappa shape index (κ2) is 5.77. The first-order valence-electron chi connectivity index (χ1n) is 5.51. The largest absolute Gasteiger partial charge is 0.294 e. The van der Waals surface area contributed by atoms with Crippen LogP contribution >= 0.6 is 0 Å². The molecule has 18 heavy (non-hydrogen) atoms. The van der Waals surface area contributed by atoms with Gasteiger partial charge in [0.05, 0.1) is 12.4 Å². The lowest BCUT2D eigenvalue weighted by atomic mass is 10.1. The molecule has 0 aliphatic carbocycles. The second-order valence-electron chi connectivity index (χ2n) is 3.69. The number of aromatic nitrogens is 3. The van der Waals surface area contributed by atoms with E-state index in [9.17, 15) is 9.59 Å². The van der Waals surface area contributed by atoms with Crippen LogP contribution in [0.15, 0.2) is 42.9 Å². The van der Waals surface area contributed by atoms with Crippen LogP contribution in [-0.2, 0) is 0 Å². The van der Waals surface area contributed by atoms with Crippen molar-refractivity contribution < 1.29 is 9.59 Å². The predicted molar refractivity (Wildman–Crippen MR) is 64.2 cm³/mol. The molecule has 5 heteroatoms. The third-order valence-corrected chi connectivity index (χ3v) is 2.44. The van der Waals surface area contributed by atoms with E-state index in [2.05, 4.69) is 15.2 Å². The molecule has 0 aromatic carbocycles. The van der Waals surface area contributed by atoms with Crippen LogP contribution in [0.4, 0.5) is 0 Å². The molecule has 0 saturated carbocycles. The Labute approximate surface area is 104 Å². The maximum Gasteiger partial charge on any atom is 0.181 e. The second-order valence-corrected chi connectivity index (χ2v) is 3.69. The Morgan fingerprint density at radius 1 is 0.944 bits per heavy atom. The molecular weight excluding hydrogens is 230 g/mol. The molecule has 0 saturated heterocycles. The summed E-state index contributed by atoms with van der Waals surface area (Å²) >= 11 is 0. The fourth-order valence-electron chi connectivity index (χ4n) is 1.48. The minimum atomic E-state index is -0.133. The van der Waals surface area contributed by atoms with Crippen LogP contribution in [0.3, 0.4) is 0 Å². The molecule has 0 N–H and O–H groups in total. The molecule has 0 aliphatic rings.